The third kappa shape index (κ3) is 6.02. The normalized spacial score (nSPS) is 17.8. The number of sulfone groups is 1. The summed E-state index contributed by atoms with van der Waals surface area (Å²) in [5.41, 5.74) is 0.675. The van der Waals surface area contributed by atoms with Crippen LogP contribution >= 0.6 is 11.3 Å². The Balaban J connectivity index is 1.79. The van der Waals surface area contributed by atoms with Gasteiger partial charge in [-0.15, -0.1) is 0 Å². The van der Waals surface area contributed by atoms with E-state index in [0.717, 1.165) is 37.0 Å². The molecule has 1 atom stereocenters. The Morgan fingerprint density at radius 1 is 1.28 bits per heavy atom. The number of likely N-dealkylation sites (tertiary alicyclic amines) is 1. The number of thiazole rings is 1. The van der Waals surface area contributed by atoms with Crippen LogP contribution in [0, 0.1) is 5.82 Å². The van der Waals surface area contributed by atoms with E-state index in [0.29, 0.717) is 29.9 Å². The molecule has 11 heteroatoms. The van der Waals surface area contributed by atoms with Crippen LogP contribution in [0.4, 0.5) is 4.39 Å². The first-order chi connectivity index (χ1) is 15.2. The fourth-order valence-corrected chi connectivity index (χ4v) is 6.12. The third-order valence-corrected chi connectivity index (χ3v) is 7.90. The molecule has 1 aliphatic rings. The summed E-state index contributed by atoms with van der Waals surface area (Å²) < 4.78 is 46.1. The summed E-state index contributed by atoms with van der Waals surface area (Å²) in [6, 6.07) is 4.28. The van der Waals surface area contributed by atoms with Crippen LogP contribution in [-0.2, 0) is 30.7 Å². The van der Waals surface area contributed by atoms with Crippen molar-refractivity contribution in [1.82, 2.24) is 9.47 Å². The lowest BCUT2D eigenvalue weighted by molar-refractivity contribution is -0.132. The van der Waals surface area contributed by atoms with Crippen molar-refractivity contribution < 1.29 is 27.1 Å². The number of carbonyl (C=O) groups excluding carboxylic acids is 2. The minimum absolute atomic E-state index is 0.0468. The molecule has 0 saturated carbocycles. The molecule has 2 aromatic rings. The number of methoxy groups -OCH3 is 1. The Kier molecular flexibility index (Phi) is 8.18. The minimum atomic E-state index is -3.97. The monoisotopic (exact) mass is 485 g/mol. The predicted octanol–water partition coefficient (Wildman–Crippen LogP) is 2.12. The summed E-state index contributed by atoms with van der Waals surface area (Å²) in [6.45, 7) is 3.23. The van der Waals surface area contributed by atoms with Crippen LogP contribution < -0.4 is 4.80 Å². The number of hydrogen-bond acceptors (Lipinski definition) is 6. The molecule has 0 bridgehead atoms. The smallest absolute Gasteiger partial charge is 0.263 e. The summed E-state index contributed by atoms with van der Waals surface area (Å²) in [7, 11) is -2.44. The molecule has 1 aliphatic heterocycles. The Morgan fingerprint density at radius 3 is 2.78 bits per heavy atom. The lowest BCUT2D eigenvalue weighted by Gasteiger charge is -2.35. The van der Waals surface area contributed by atoms with Gasteiger partial charge in [-0.2, -0.15) is 4.99 Å². The van der Waals surface area contributed by atoms with Crippen molar-refractivity contribution in [2.24, 2.45) is 4.99 Å². The van der Waals surface area contributed by atoms with E-state index in [-0.39, 0.29) is 10.8 Å². The van der Waals surface area contributed by atoms with E-state index in [1.54, 1.807) is 15.5 Å². The van der Waals surface area contributed by atoms with Gasteiger partial charge in [0.15, 0.2) is 14.6 Å². The zero-order valence-corrected chi connectivity index (χ0v) is 19.9. The van der Waals surface area contributed by atoms with Gasteiger partial charge >= 0.3 is 0 Å². The summed E-state index contributed by atoms with van der Waals surface area (Å²) in [5.74, 6) is -3.29. The Labute approximate surface area is 190 Å². The highest BCUT2D eigenvalue weighted by molar-refractivity contribution is 7.92. The molecule has 2 amide bonds. The first kappa shape index (κ1) is 24.5. The number of rotatable bonds is 8. The molecular weight excluding hydrogens is 457 g/mol. The number of amides is 2. The molecular formula is C21H28FN3O5S2. The molecule has 0 N–H and O–H groups in total. The van der Waals surface area contributed by atoms with Crippen molar-refractivity contribution in [1.29, 1.82) is 0 Å². The van der Waals surface area contributed by atoms with Crippen LogP contribution in [0.2, 0.25) is 0 Å². The SMILES string of the molecule is CCC1CCCCN1C(=O)CS(=O)(=O)CC(=O)N=c1sc2cc(F)ccc2n1CCOC. The van der Waals surface area contributed by atoms with Gasteiger partial charge in [-0.1, -0.05) is 18.3 Å². The Hall–Kier alpha value is -2.11. The van der Waals surface area contributed by atoms with Crippen molar-refractivity contribution >= 4 is 43.2 Å². The zero-order chi connectivity index (χ0) is 23.3. The second-order valence-corrected chi connectivity index (χ2v) is 10.9. The molecule has 3 rings (SSSR count). The summed E-state index contributed by atoms with van der Waals surface area (Å²) >= 11 is 1.09. The summed E-state index contributed by atoms with van der Waals surface area (Å²) in [4.78, 5) is 31.0. The average Bonchev–Trinajstić information content (AvgIpc) is 3.06. The summed E-state index contributed by atoms with van der Waals surface area (Å²) in [5, 5.41) is 0. The van der Waals surface area contributed by atoms with E-state index < -0.39 is 39.0 Å². The van der Waals surface area contributed by atoms with Gasteiger partial charge in [0.25, 0.3) is 5.91 Å². The maximum absolute atomic E-state index is 13.6. The lowest BCUT2D eigenvalue weighted by Crippen LogP contribution is -2.46. The number of halogens is 1. The molecule has 1 saturated heterocycles. The fourth-order valence-electron chi connectivity index (χ4n) is 3.93. The van der Waals surface area contributed by atoms with E-state index in [1.165, 1.54) is 19.2 Å². The van der Waals surface area contributed by atoms with Gasteiger partial charge < -0.3 is 14.2 Å². The standard InChI is InChI=1S/C21H28FN3O5S2/c1-3-16-6-4-5-9-24(16)20(27)14-32(28,29)13-19(26)23-21-25(10-11-30-2)17-8-7-15(22)12-18(17)31-21/h7-8,12,16H,3-6,9-11,13-14H2,1-2H3. The number of benzene rings is 1. The second-order valence-electron chi connectivity index (χ2n) is 7.82. The van der Waals surface area contributed by atoms with Crippen LogP contribution in [0.5, 0.6) is 0 Å². The molecule has 0 aliphatic carbocycles. The maximum atomic E-state index is 13.6. The molecule has 0 spiro atoms. The van der Waals surface area contributed by atoms with Crippen molar-refractivity contribution in [3.63, 3.8) is 0 Å². The number of aromatic nitrogens is 1. The summed E-state index contributed by atoms with van der Waals surface area (Å²) in [6.07, 6.45) is 3.51. The van der Waals surface area contributed by atoms with Crippen LogP contribution in [0.15, 0.2) is 23.2 Å². The van der Waals surface area contributed by atoms with Crippen molar-refractivity contribution in [2.75, 3.05) is 31.8 Å². The van der Waals surface area contributed by atoms with Crippen LogP contribution in [0.25, 0.3) is 10.2 Å². The average molecular weight is 486 g/mol. The molecule has 1 unspecified atom stereocenters. The van der Waals surface area contributed by atoms with E-state index in [4.69, 9.17) is 4.74 Å². The number of carbonyl (C=O) groups is 2. The molecule has 1 fully saturated rings. The number of piperidine rings is 1. The van der Waals surface area contributed by atoms with Crippen molar-refractivity contribution in [2.45, 2.75) is 45.2 Å². The molecule has 1 aromatic heterocycles. The topological polar surface area (TPSA) is 98.0 Å². The predicted molar refractivity (Wildman–Crippen MR) is 121 cm³/mol. The van der Waals surface area contributed by atoms with Gasteiger partial charge in [-0.25, -0.2) is 12.8 Å². The highest BCUT2D eigenvalue weighted by Crippen LogP contribution is 2.20. The van der Waals surface area contributed by atoms with Crippen LogP contribution in [0.3, 0.4) is 0 Å². The number of ether oxygens (including phenoxy) is 1. The van der Waals surface area contributed by atoms with Crippen molar-refractivity contribution in [3.05, 3.63) is 28.8 Å². The first-order valence-electron chi connectivity index (χ1n) is 10.6. The third-order valence-electron chi connectivity index (χ3n) is 5.49. The number of fused-ring (bicyclic) bond motifs is 1. The van der Waals surface area contributed by atoms with Gasteiger partial charge in [0.1, 0.15) is 17.3 Å². The molecule has 1 aromatic carbocycles. The van der Waals surface area contributed by atoms with E-state index in [1.807, 2.05) is 6.92 Å². The highest BCUT2D eigenvalue weighted by atomic mass is 32.2. The second kappa shape index (κ2) is 10.7. The zero-order valence-electron chi connectivity index (χ0n) is 18.3. The highest BCUT2D eigenvalue weighted by Gasteiger charge is 2.29. The van der Waals surface area contributed by atoms with Gasteiger partial charge in [-0.3, -0.25) is 9.59 Å². The van der Waals surface area contributed by atoms with Gasteiger partial charge in [0, 0.05) is 26.2 Å². The van der Waals surface area contributed by atoms with Crippen LogP contribution in [-0.4, -0.2) is 67.5 Å². The maximum Gasteiger partial charge on any atom is 0.263 e. The Morgan fingerprint density at radius 2 is 2.06 bits per heavy atom. The molecule has 2 heterocycles. The quantitative estimate of drug-likeness (QED) is 0.571. The van der Waals surface area contributed by atoms with Crippen LogP contribution in [0.1, 0.15) is 32.6 Å². The fraction of sp³-hybridized carbons (Fsp3) is 0.571. The van der Waals surface area contributed by atoms with Gasteiger partial charge in [0.2, 0.25) is 5.91 Å². The number of hydrogen-bond donors (Lipinski definition) is 0. The van der Waals surface area contributed by atoms with Gasteiger partial charge in [-0.05, 0) is 43.9 Å². The minimum Gasteiger partial charge on any atom is -0.383 e. The number of nitrogens with zero attached hydrogens (tertiary/aromatic N) is 3. The largest absolute Gasteiger partial charge is 0.383 e. The van der Waals surface area contributed by atoms with E-state index in [9.17, 15) is 22.4 Å². The molecule has 32 heavy (non-hydrogen) atoms. The van der Waals surface area contributed by atoms with Crippen molar-refractivity contribution in [3.8, 4) is 0 Å². The molecule has 8 nitrogen and oxygen atoms in total. The van der Waals surface area contributed by atoms with Gasteiger partial charge in [0.05, 0.1) is 16.8 Å². The molecule has 0 radical (unpaired) electrons. The lowest BCUT2D eigenvalue weighted by atomic mass is 10.0. The Bertz CT molecular complexity index is 1160. The molecule has 176 valence electrons. The van der Waals surface area contributed by atoms with E-state index >= 15 is 0 Å². The first-order valence-corrected chi connectivity index (χ1v) is 13.2. The van der Waals surface area contributed by atoms with E-state index in [2.05, 4.69) is 4.99 Å².